The first-order valence-corrected chi connectivity index (χ1v) is 5.56. The number of benzene rings is 1. The highest BCUT2D eigenvalue weighted by molar-refractivity contribution is 6.14. The van der Waals surface area contributed by atoms with Gasteiger partial charge in [0.05, 0.1) is 11.1 Å². The molecule has 0 fully saturated rings. The molecule has 0 saturated heterocycles. The van der Waals surface area contributed by atoms with Gasteiger partial charge in [0, 0.05) is 0 Å². The van der Waals surface area contributed by atoms with Crippen molar-refractivity contribution in [2.45, 2.75) is 41.5 Å². The van der Waals surface area contributed by atoms with Crippen molar-refractivity contribution in [2.24, 2.45) is 0 Å². The van der Waals surface area contributed by atoms with Gasteiger partial charge >= 0.3 is 11.9 Å². The van der Waals surface area contributed by atoms with E-state index in [1.807, 2.05) is 13.8 Å². The number of ether oxygens (including phenoxy) is 1. The van der Waals surface area contributed by atoms with Crippen LogP contribution >= 0.6 is 0 Å². The van der Waals surface area contributed by atoms with E-state index in [1.165, 1.54) is 6.42 Å². The number of carbonyl (C=O) groups excluding carboxylic acids is 2. The summed E-state index contributed by atoms with van der Waals surface area (Å²) in [6, 6.07) is 6.53. The highest BCUT2D eigenvalue weighted by Gasteiger charge is 2.28. The Bertz CT molecular complexity index is 323. The molecule has 0 unspecified atom stereocenters. The van der Waals surface area contributed by atoms with E-state index >= 15 is 0 Å². The number of esters is 2. The van der Waals surface area contributed by atoms with Crippen LogP contribution in [-0.4, -0.2) is 11.9 Å². The molecule has 3 nitrogen and oxygen atoms in total. The van der Waals surface area contributed by atoms with Crippen LogP contribution in [0.25, 0.3) is 0 Å². The molecule has 0 aromatic heterocycles. The van der Waals surface area contributed by atoms with Crippen molar-refractivity contribution >= 4 is 11.9 Å². The average molecular weight is 238 g/mol. The largest absolute Gasteiger partial charge is 0.386 e. The van der Waals surface area contributed by atoms with Crippen molar-refractivity contribution in [1.29, 1.82) is 0 Å². The lowest BCUT2D eigenvalue weighted by molar-refractivity contribution is 0.0444. The maximum absolute atomic E-state index is 10.8. The molecule has 0 N–H and O–H groups in total. The highest BCUT2D eigenvalue weighted by atomic mass is 16.6. The van der Waals surface area contributed by atoms with Gasteiger partial charge in [0.25, 0.3) is 0 Å². The van der Waals surface area contributed by atoms with E-state index < -0.39 is 11.9 Å². The first-order chi connectivity index (χ1) is 7.70. The zero-order chi connectivity index (χ0) is 12.6. The monoisotopic (exact) mass is 238 g/mol. The van der Waals surface area contributed by atoms with Crippen molar-refractivity contribution in [1.82, 2.24) is 0 Å². The fraction of sp³-hybridized carbons (Fsp3) is 0.429. The summed E-state index contributed by atoms with van der Waals surface area (Å²) in [5.74, 6) is -1.10. The SMILES string of the molecule is C.CC.CCC.O=C1OC(=O)c2ccccc21. The molecule has 0 aliphatic carbocycles. The van der Waals surface area contributed by atoms with Gasteiger partial charge in [-0.25, -0.2) is 9.59 Å². The van der Waals surface area contributed by atoms with Crippen LogP contribution in [0.5, 0.6) is 0 Å². The highest BCUT2D eigenvalue weighted by Crippen LogP contribution is 2.18. The number of hydrogen-bond donors (Lipinski definition) is 0. The molecule has 0 amide bonds. The van der Waals surface area contributed by atoms with Crippen molar-refractivity contribution < 1.29 is 14.3 Å². The molecule has 0 saturated carbocycles. The van der Waals surface area contributed by atoms with E-state index in [2.05, 4.69) is 18.6 Å². The maximum Gasteiger partial charge on any atom is 0.346 e. The Morgan fingerprint density at radius 3 is 1.53 bits per heavy atom. The Hall–Kier alpha value is -1.64. The molecule has 1 aliphatic heterocycles. The van der Waals surface area contributed by atoms with Gasteiger partial charge in [-0.05, 0) is 12.1 Å². The Kier molecular flexibility index (Phi) is 10.00. The third-order valence-electron chi connectivity index (χ3n) is 1.55. The average Bonchev–Trinajstić information content (AvgIpc) is 2.60. The minimum atomic E-state index is -0.550. The molecule has 1 aromatic carbocycles. The number of rotatable bonds is 0. The summed E-state index contributed by atoms with van der Waals surface area (Å²) < 4.78 is 4.35. The molecule has 1 aromatic rings. The van der Waals surface area contributed by atoms with Gasteiger partial charge in [0.2, 0.25) is 0 Å². The topological polar surface area (TPSA) is 43.4 Å². The van der Waals surface area contributed by atoms with Gasteiger partial charge in [0.15, 0.2) is 0 Å². The van der Waals surface area contributed by atoms with Gasteiger partial charge < -0.3 is 4.74 Å². The fourth-order valence-electron chi connectivity index (χ4n) is 1.03. The van der Waals surface area contributed by atoms with Crippen molar-refractivity contribution in [3.63, 3.8) is 0 Å². The lowest BCUT2D eigenvalue weighted by Crippen LogP contribution is -1.96. The normalized spacial score (nSPS) is 10.8. The summed E-state index contributed by atoms with van der Waals surface area (Å²) in [4.78, 5) is 21.7. The third kappa shape index (κ3) is 4.81. The zero-order valence-electron chi connectivity index (χ0n) is 10.2. The Morgan fingerprint density at radius 2 is 1.24 bits per heavy atom. The summed E-state index contributed by atoms with van der Waals surface area (Å²) in [6.45, 7) is 8.25. The number of hydrogen-bond acceptors (Lipinski definition) is 3. The molecule has 1 heterocycles. The van der Waals surface area contributed by atoms with Crippen LogP contribution in [0.1, 0.15) is 62.3 Å². The minimum absolute atomic E-state index is 0. The summed E-state index contributed by atoms with van der Waals surface area (Å²) in [7, 11) is 0. The Morgan fingerprint density at radius 1 is 0.941 bits per heavy atom. The van der Waals surface area contributed by atoms with Crippen molar-refractivity contribution in [3.8, 4) is 0 Å². The predicted octanol–water partition coefficient (Wildman–Crippen LogP) is 4.08. The van der Waals surface area contributed by atoms with E-state index in [-0.39, 0.29) is 7.43 Å². The smallest absolute Gasteiger partial charge is 0.346 e. The van der Waals surface area contributed by atoms with E-state index in [0.29, 0.717) is 11.1 Å². The standard InChI is InChI=1S/C8H4O3.C3H8.C2H6.CH4/c9-7-5-3-1-2-4-6(5)8(10)11-7;1-3-2;1-2;/h1-4H;3H2,1-2H3;1-2H3;1H4. The fourth-order valence-corrected chi connectivity index (χ4v) is 1.03. The van der Waals surface area contributed by atoms with Gasteiger partial charge in [-0.1, -0.05) is 53.7 Å². The number of fused-ring (bicyclic) bond motifs is 1. The zero-order valence-corrected chi connectivity index (χ0v) is 10.2. The molecule has 1 aliphatic rings. The molecular formula is C14H22O3. The van der Waals surface area contributed by atoms with E-state index in [4.69, 9.17) is 0 Å². The summed E-state index contributed by atoms with van der Waals surface area (Å²) in [5, 5.41) is 0. The van der Waals surface area contributed by atoms with E-state index in [9.17, 15) is 9.59 Å². The molecule has 96 valence electrons. The predicted molar refractivity (Wildman–Crippen MR) is 70.2 cm³/mol. The van der Waals surface area contributed by atoms with Crippen LogP contribution in [0.3, 0.4) is 0 Å². The van der Waals surface area contributed by atoms with Gasteiger partial charge in [0.1, 0.15) is 0 Å². The maximum atomic E-state index is 10.8. The second-order valence-corrected chi connectivity index (χ2v) is 2.93. The molecule has 2 rings (SSSR count). The van der Waals surface area contributed by atoms with Crippen LogP contribution in [0.2, 0.25) is 0 Å². The number of carbonyl (C=O) groups is 2. The molecule has 0 radical (unpaired) electrons. The minimum Gasteiger partial charge on any atom is -0.386 e. The van der Waals surface area contributed by atoms with Crippen LogP contribution in [0, 0.1) is 0 Å². The van der Waals surface area contributed by atoms with E-state index in [0.717, 1.165) is 0 Å². The molecule has 0 spiro atoms. The first-order valence-electron chi connectivity index (χ1n) is 5.56. The third-order valence-corrected chi connectivity index (χ3v) is 1.55. The quantitative estimate of drug-likeness (QED) is 0.505. The number of cyclic esters (lactones) is 2. The molecule has 17 heavy (non-hydrogen) atoms. The molecule has 0 atom stereocenters. The van der Waals surface area contributed by atoms with Crippen LogP contribution in [0.15, 0.2) is 24.3 Å². The van der Waals surface area contributed by atoms with Gasteiger partial charge in [-0.3, -0.25) is 0 Å². The molecule has 0 bridgehead atoms. The second kappa shape index (κ2) is 9.58. The summed E-state index contributed by atoms with van der Waals surface area (Å²) in [6.07, 6.45) is 1.25. The molecule has 3 heteroatoms. The van der Waals surface area contributed by atoms with Gasteiger partial charge in [-0.15, -0.1) is 0 Å². The van der Waals surface area contributed by atoms with Crippen LogP contribution in [0.4, 0.5) is 0 Å². The van der Waals surface area contributed by atoms with Crippen LogP contribution < -0.4 is 0 Å². The van der Waals surface area contributed by atoms with Gasteiger partial charge in [-0.2, -0.15) is 0 Å². The first kappa shape index (κ1) is 17.7. The molecular weight excluding hydrogens is 216 g/mol. The Labute approximate surface area is 104 Å². The summed E-state index contributed by atoms with van der Waals surface area (Å²) in [5.41, 5.74) is 0.718. The van der Waals surface area contributed by atoms with Crippen molar-refractivity contribution in [3.05, 3.63) is 35.4 Å². The Balaban J connectivity index is 0. The lowest BCUT2D eigenvalue weighted by atomic mass is 10.1. The lowest BCUT2D eigenvalue weighted by Gasteiger charge is -1.86. The van der Waals surface area contributed by atoms with E-state index in [1.54, 1.807) is 24.3 Å². The second-order valence-electron chi connectivity index (χ2n) is 2.93. The van der Waals surface area contributed by atoms with Crippen LogP contribution in [-0.2, 0) is 4.74 Å². The summed E-state index contributed by atoms with van der Waals surface area (Å²) >= 11 is 0. The van der Waals surface area contributed by atoms with Crippen molar-refractivity contribution in [2.75, 3.05) is 0 Å².